The minimum Gasteiger partial charge on any atom is -0.348 e. The number of aromatic nitrogens is 3. The molecule has 0 aliphatic carbocycles. The topological polar surface area (TPSA) is 48.8 Å². The van der Waals surface area contributed by atoms with Crippen LogP contribution < -0.4 is 5.73 Å². The lowest BCUT2D eigenvalue weighted by atomic mass is 10.00. The van der Waals surface area contributed by atoms with Crippen molar-refractivity contribution in [2.75, 3.05) is 0 Å². The van der Waals surface area contributed by atoms with Gasteiger partial charge in [0.1, 0.15) is 0 Å². The molecule has 19 heavy (non-hydrogen) atoms. The van der Waals surface area contributed by atoms with Gasteiger partial charge in [0, 0.05) is 30.7 Å². The van der Waals surface area contributed by atoms with Crippen LogP contribution in [0.1, 0.15) is 51.0 Å². The van der Waals surface area contributed by atoms with E-state index in [0.717, 1.165) is 12.2 Å². The first-order chi connectivity index (χ1) is 8.97. The molecule has 0 amide bonds. The van der Waals surface area contributed by atoms with Crippen LogP contribution in [-0.2, 0) is 6.54 Å². The molecule has 2 heterocycles. The van der Waals surface area contributed by atoms with Gasteiger partial charge in [-0.3, -0.25) is 4.68 Å². The van der Waals surface area contributed by atoms with E-state index in [1.54, 1.807) is 0 Å². The van der Waals surface area contributed by atoms with Gasteiger partial charge in [0.25, 0.3) is 0 Å². The van der Waals surface area contributed by atoms with Gasteiger partial charge in [-0.2, -0.15) is 5.10 Å². The zero-order valence-electron chi connectivity index (χ0n) is 12.2. The van der Waals surface area contributed by atoms with Crippen LogP contribution in [-0.4, -0.2) is 14.3 Å². The maximum Gasteiger partial charge on any atom is 0.0821 e. The van der Waals surface area contributed by atoms with Gasteiger partial charge in [-0.1, -0.05) is 13.8 Å². The molecule has 0 fully saturated rings. The first kappa shape index (κ1) is 13.9. The zero-order chi connectivity index (χ0) is 14.0. The molecule has 104 valence electrons. The summed E-state index contributed by atoms with van der Waals surface area (Å²) < 4.78 is 4.13. The highest BCUT2D eigenvalue weighted by atomic mass is 15.3. The molecule has 4 nitrogen and oxygen atoms in total. The Morgan fingerprint density at radius 2 is 1.89 bits per heavy atom. The van der Waals surface area contributed by atoms with Crippen molar-refractivity contribution in [2.24, 2.45) is 11.7 Å². The normalized spacial score (nSPS) is 13.4. The number of hydrogen-bond donors (Lipinski definition) is 1. The molecule has 0 aliphatic rings. The van der Waals surface area contributed by atoms with Gasteiger partial charge in [0.2, 0.25) is 0 Å². The molecule has 0 saturated carbocycles. The number of rotatable bonds is 5. The van der Waals surface area contributed by atoms with Gasteiger partial charge in [-0.25, -0.2) is 0 Å². The van der Waals surface area contributed by atoms with E-state index in [0.29, 0.717) is 12.0 Å². The van der Waals surface area contributed by atoms with Gasteiger partial charge < -0.3 is 10.3 Å². The molecule has 1 atom stereocenters. The fourth-order valence-corrected chi connectivity index (χ4v) is 2.08. The van der Waals surface area contributed by atoms with Gasteiger partial charge in [-0.05, 0) is 37.5 Å². The summed E-state index contributed by atoms with van der Waals surface area (Å²) >= 11 is 0. The number of hydrogen-bond acceptors (Lipinski definition) is 2. The second kappa shape index (κ2) is 5.61. The van der Waals surface area contributed by atoms with Crippen LogP contribution in [0.5, 0.6) is 0 Å². The van der Waals surface area contributed by atoms with Crippen molar-refractivity contribution in [1.82, 2.24) is 14.3 Å². The first-order valence-corrected chi connectivity index (χ1v) is 6.92. The third-order valence-electron chi connectivity index (χ3n) is 3.41. The second-order valence-electron chi connectivity index (χ2n) is 5.77. The van der Waals surface area contributed by atoms with Crippen molar-refractivity contribution in [3.63, 3.8) is 0 Å². The summed E-state index contributed by atoms with van der Waals surface area (Å²) in [4.78, 5) is 0. The van der Waals surface area contributed by atoms with E-state index in [1.165, 1.54) is 5.56 Å². The Hall–Kier alpha value is -1.55. The van der Waals surface area contributed by atoms with Gasteiger partial charge in [0.05, 0.1) is 12.2 Å². The average Bonchev–Trinajstić information content (AvgIpc) is 2.97. The molecule has 0 bridgehead atoms. The largest absolute Gasteiger partial charge is 0.348 e. The van der Waals surface area contributed by atoms with Crippen LogP contribution >= 0.6 is 0 Å². The van der Waals surface area contributed by atoms with Crippen molar-refractivity contribution in [2.45, 2.75) is 46.3 Å². The average molecular weight is 260 g/mol. The maximum atomic E-state index is 6.16. The molecular weight excluding hydrogens is 236 g/mol. The molecule has 2 aromatic rings. The highest BCUT2D eigenvalue weighted by Gasteiger charge is 2.12. The van der Waals surface area contributed by atoms with E-state index < -0.39 is 0 Å². The maximum absolute atomic E-state index is 6.16. The van der Waals surface area contributed by atoms with Gasteiger partial charge >= 0.3 is 0 Å². The molecule has 2 rings (SSSR count). The molecule has 4 heteroatoms. The summed E-state index contributed by atoms with van der Waals surface area (Å²) in [6.45, 7) is 9.35. The molecule has 0 spiro atoms. The summed E-state index contributed by atoms with van der Waals surface area (Å²) in [6, 6.07) is 4.68. The SMILES string of the molecule is CC(C)C(N)c1ccn(Cc2ccn(C(C)C)n2)c1. The molecule has 1 unspecified atom stereocenters. The lowest BCUT2D eigenvalue weighted by molar-refractivity contribution is 0.512. The summed E-state index contributed by atoms with van der Waals surface area (Å²) in [5.41, 5.74) is 8.43. The lowest BCUT2D eigenvalue weighted by Crippen LogP contribution is -2.15. The standard InChI is InChI=1S/C15H24N4/c1-11(2)15(16)13-5-7-18(9-13)10-14-6-8-19(17-14)12(3)4/h5-9,11-12,15H,10,16H2,1-4H3. The number of nitrogens with two attached hydrogens (primary N) is 1. The molecule has 2 aromatic heterocycles. The van der Waals surface area contributed by atoms with E-state index in [-0.39, 0.29) is 6.04 Å². The molecule has 0 aromatic carbocycles. The second-order valence-corrected chi connectivity index (χ2v) is 5.77. The van der Waals surface area contributed by atoms with E-state index in [1.807, 2.05) is 10.9 Å². The van der Waals surface area contributed by atoms with Crippen LogP contribution in [0.25, 0.3) is 0 Å². The third kappa shape index (κ3) is 3.26. The zero-order valence-corrected chi connectivity index (χ0v) is 12.2. The minimum absolute atomic E-state index is 0.106. The fourth-order valence-electron chi connectivity index (χ4n) is 2.08. The summed E-state index contributed by atoms with van der Waals surface area (Å²) in [7, 11) is 0. The summed E-state index contributed by atoms with van der Waals surface area (Å²) in [5, 5.41) is 4.56. The van der Waals surface area contributed by atoms with E-state index >= 15 is 0 Å². The monoisotopic (exact) mass is 260 g/mol. The predicted octanol–water partition coefficient (Wildman–Crippen LogP) is 2.97. The molecule has 0 aliphatic heterocycles. The van der Waals surface area contributed by atoms with E-state index in [2.05, 4.69) is 61.9 Å². The predicted molar refractivity (Wildman–Crippen MR) is 77.9 cm³/mol. The van der Waals surface area contributed by atoms with Gasteiger partial charge in [-0.15, -0.1) is 0 Å². The molecular formula is C15H24N4. The van der Waals surface area contributed by atoms with Crippen LogP contribution in [0.15, 0.2) is 30.7 Å². The quantitative estimate of drug-likeness (QED) is 0.898. The fraction of sp³-hybridized carbons (Fsp3) is 0.533. The van der Waals surface area contributed by atoms with Crippen LogP contribution in [0, 0.1) is 5.92 Å². The Morgan fingerprint density at radius 3 is 2.47 bits per heavy atom. The van der Waals surface area contributed by atoms with Crippen molar-refractivity contribution in [3.8, 4) is 0 Å². The smallest absolute Gasteiger partial charge is 0.0821 e. The van der Waals surface area contributed by atoms with Crippen molar-refractivity contribution >= 4 is 0 Å². The highest BCUT2D eigenvalue weighted by molar-refractivity contribution is 5.16. The minimum atomic E-state index is 0.106. The van der Waals surface area contributed by atoms with Crippen LogP contribution in [0.2, 0.25) is 0 Å². The van der Waals surface area contributed by atoms with Crippen LogP contribution in [0.3, 0.4) is 0 Å². The first-order valence-electron chi connectivity index (χ1n) is 6.92. The summed E-state index contributed by atoms with van der Waals surface area (Å²) in [5.74, 6) is 0.455. The van der Waals surface area contributed by atoms with E-state index in [9.17, 15) is 0 Å². The lowest BCUT2D eigenvalue weighted by Gasteiger charge is -2.13. The summed E-state index contributed by atoms with van der Waals surface area (Å²) in [6.07, 6.45) is 6.23. The Balaban J connectivity index is 2.07. The van der Waals surface area contributed by atoms with Crippen molar-refractivity contribution < 1.29 is 0 Å². The Morgan fingerprint density at radius 1 is 1.16 bits per heavy atom. The Labute approximate surface area is 115 Å². The third-order valence-corrected chi connectivity index (χ3v) is 3.41. The van der Waals surface area contributed by atoms with Crippen LogP contribution in [0.4, 0.5) is 0 Å². The van der Waals surface area contributed by atoms with Crippen molar-refractivity contribution in [3.05, 3.63) is 42.0 Å². The Bertz CT molecular complexity index is 522. The molecule has 0 saturated heterocycles. The Kier molecular flexibility index (Phi) is 4.10. The van der Waals surface area contributed by atoms with Crippen molar-refractivity contribution in [1.29, 1.82) is 0 Å². The number of nitrogens with zero attached hydrogens (tertiary/aromatic N) is 3. The highest BCUT2D eigenvalue weighted by Crippen LogP contribution is 2.19. The molecule has 2 N–H and O–H groups in total. The van der Waals surface area contributed by atoms with Gasteiger partial charge in [0.15, 0.2) is 0 Å². The molecule has 0 radical (unpaired) electrons. The van der Waals surface area contributed by atoms with E-state index in [4.69, 9.17) is 5.73 Å².